The quantitative estimate of drug-likeness (QED) is 0.724. The van der Waals surface area contributed by atoms with Gasteiger partial charge in [0.1, 0.15) is 6.10 Å². The molecule has 0 aromatic carbocycles. The van der Waals surface area contributed by atoms with Crippen molar-refractivity contribution in [2.45, 2.75) is 25.2 Å². The van der Waals surface area contributed by atoms with Gasteiger partial charge in [-0.25, -0.2) is 4.79 Å². The molecule has 0 saturated carbocycles. The number of alkyl halides is 3. The van der Waals surface area contributed by atoms with Crippen LogP contribution in [0.2, 0.25) is 0 Å². The zero-order valence-electron chi connectivity index (χ0n) is 14.4. The van der Waals surface area contributed by atoms with E-state index in [1.165, 1.54) is 38.5 Å². The number of nitrogens with one attached hydrogen (secondary N) is 1. The molecule has 0 aliphatic heterocycles. The monoisotopic (exact) mass is 386 g/mol. The highest BCUT2D eigenvalue weighted by Gasteiger charge is 2.40. The van der Waals surface area contributed by atoms with Crippen LogP contribution < -0.4 is 5.32 Å². The molecular formula is C16H17F3N4O4. The fourth-order valence-corrected chi connectivity index (χ4v) is 2.33. The number of aliphatic hydroxyl groups excluding tert-OH is 1. The van der Waals surface area contributed by atoms with E-state index >= 15 is 0 Å². The van der Waals surface area contributed by atoms with Gasteiger partial charge in [0.15, 0.2) is 11.7 Å². The van der Waals surface area contributed by atoms with Crippen molar-refractivity contribution in [1.82, 2.24) is 20.1 Å². The summed E-state index contributed by atoms with van der Waals surface area (Å²) in [6.07, 6.45) is -2.88. The number of hydrogen-bond donors (Lipinski definition) is 2. The largest absolute Gasteiger partial charge is 0.464 e. The molecule has 8 nitrogen and oxygen atoms in total. The molecule has 2 aromatic rings. The minimum Gasteiger partial charge on any atom is -0.464 e. The molecule has 0 spiro atoms. The predicted molar refractivity (Wildman–Crippen MR) is 85.3 cm³/mol. The fourth-order valence-electron chi connectivity index (χ4n) is 2.33. The van der Waals surface area contributed by atoms with Gasteiger partial charge in [0.05, 0.1) is 12.2 Å². The topological polar surface area (TPSA) is 106 Å². The van der Waals surface area contributed by atoms with Gasteiger partial charge >= 0.3 is 12.1 Å². The number of aryl methyl sites for hydroxylation is 1. The van der Waals surface area contributed by atoms with Gasteiger partial charge in [0, 0.05) is 31.2 Å². The number of carbonyl (C=O) groups is 2. The number of pyridine rings is 1. The van der Waals surface area contributed by atoms with Crippen LogP contribution in [0.3, 0.4) is 0 Å². The Labute approximate surface area is 152 Å². The molecule has 2 aromatic heterocycles. The highest BCUT2D eigenvalue weighted by atomic mass is 19.4. The van der Waals surface area contributed by atoms with Crippen LogP contribution >= 0.6 is 0 Å². The van der Waals surface area contributed by atoms with Crippen LogP contribution in [0.1, 0.15) is 34.6 Å². The van der Waals surface area contributed by atoms with E-state index in [2.05, 4.69) is 15.4 Å². The molecule has 2 atom stereocenters. The van der Waals surface area contributed by atoms with E-state index in [0.29, 0.717) is 0 Å². The highest BCUT2D eigenvalue weighted by molar-refractivity contribution is 5.97. The smallest absolute Gasteiger partial charge is 0.435 e. The van der Waals surface area contributed by atoms with Gasteiger partial charge in [-0.05, 0) is 13.0 Å². The lowest BCUT2D eigenvalue weighted by Crippen LogP contribution is -2.46. The van der Waals surface area contributed by atoms with Crippen LogP contribution in [0.15, 0.2) is 30.7 Å². The highest BCUT2D eigenvalue weighted by Crippen LogP contribution is 2.30. The molecule has 27 heavy (non-hydrogen) atoms. The molecule has 0 radical (unpaired) electrons. The third-order valence-electron chi connectivity index (χ3n) is 3.51. The number of halogens is 3. The molecule has 2 rings (SSSR count). The number of carbonyl (C=O) groups excluding carboxylic acids is 2. The van der Waals surface area contributed by atoms with Crippen molar-refractivity contribution in [2.75, 3.05) is 6.61 Å². The Bertz CT molecular complexity index is 808. The van der Waals surface area contributed by atoms with Crippen molar-refractivity contribution < 1.29 is 32.6 Å². The van der Waals surface area contributed by atoms with E-state index in [9.17, 15) is 27.9 Å². The molecule has 0 saturated heterocycles. The average Bonchev–Trinajstić information content (AvgIpc) is 3.02. The first kappa shape index (κ1) is 20.4. The Hall–Kier alpha value is -2.95. The van der Waals surface area contributed by atoms with Crippen molar-refractivity contribution in [3.05, 3.63) is 47.5 Å². The summed E-state index contributed by atoms with van der Waals surface area (Å²) in [6.45, 7) is 1.46. The van der Waals surface area contributed by atoms with Crippen molar-refractivity contribution in [3.63, 3.8) is 0 Å². The first-order chi connectivity index (χ1) is 12.6. The first-order valence-corrected chi connectivity index (χ1v) is 7.81. The number of rotatable bonds is 6. The fraction of sp³-hybridized carbons (Fsp3) is 0.375. The Morgan fingerprint density at radius 2 is 2.11 bits per heavy atom. The molecule has 0 bridgehead atoms. The van der Waals surface area contributed by atoms with Crippen LogP contribution in [0.25, 0.3) is 0 Å². The second-order valence-electron chi connectivity index (χ2n) is 5.50. The van der Waals surface area contributed by atoms with Crippen molar-refractivity contribution >= 4 is 11.9 Å². The molecule has 0 aliphatic carbocycles. The molecule has 2 unspecified atom stereocenters. The summed E-state index contributed by atoms with van der Waals surface area (Å²) in [5.41, 5.74) is -2.00. The van der Waals surface area contributed by atoms with E-state index < -0.39 is 41.5 Å². The van der Waals surface area contributed by atoms with E-state index in [4.69, 9.17) is 4.74 Å². The van der Waals surface area contributed by atoms with E-state index in [-0.39, 0.29) is 12.2 Å². The van der Waals surface area contributed by atoms with E-state index in [1.54, 1.807) is 0 Å². The number of amides is 1. The molecule has 0 aliphatic rings. The van der Waals surface area contributed by atoms with Crippen LogP contribution in [-0.2, 0) is 22.8 Å². The van der Waals surface area contributed by atoms with Gasteiger partial charge in [0.25, 0.3) is 5.91 Å². The SMILES string of the molecule is CCOC(=O)C(NC(=O)c1cn(C)nc1C(F)(F)F)C(O)c1cccnc1. The van der Waals surface area contributed by atoms with Crippen molar-refractivity contribution in [3.8, 4) is 0 Å². The molecule has 11 heteroatoms. The van der Waals surface area contributed by atoms with Crippen LogP contribution in [0, 0.1) is 0 Å². The normalized spacial score (nSPS) is 13.7. The number of hydrogen-bond acceptors (Lipinski definition) is 6. The number of aliphatic hydroxyl groups is 1. The van der Waals surface area contributed by atoms with Gasteiger partial charge in [-0.3, -0.25) is 14.5 Å². The third kappa shape index (κ3) is 4.82. The summed E-state index contributed by atoms with van der Waals surface area (Å²) in [7, 11) is 1.22. The minimum absolute atomic E-state index is 0.0499. The minimum atomic E-state index is -4.87. The second kappa shape index (κ2) is 8.16. The Balaban J connectivity index is 2.33. The van der Waals surface area contributed by atoms with Crippen LogP contribution in [-0.4, -0.2) is 44.4 Å². The maximum Gasteiger partial charge on any atom is 0.435 e. The lowest BCUT2D eigenvalue weighted by Gasteiger charge is -2.22. The van der Waals surface area contributed by atoms with E-state index in [1.807, 2.05) is 0 Å². The molecule has 146 valence electrons. The zero-order chi connectivity index (χ0) is 20.2. The van der Waals surface area contributed by atoms with Gasteiger partial charge in [-0.2, -0.15) is 18.3 Å². The summed E-state index contributed by atoms with van der Waals surface area (Å²) < 4.78 is 44.8. The number of ether oxygens (including phenoxy) is 1. The van der Waals surface area contributed by atoms with Crippen LogP contribution in [0.4, 0.5) is 13.2 Å². The molecule has 2 heterocycles. The summed E-state index contributed by atoms with van der Waals surface area (Å²) in [5.74, 6) is -2.23. The average molecular weight is 386 g/mol. The second-order valence-corrected chi connectivity index (χ2v) is 5.50. The number of nitrogens with zero attached hydrogens (tertiary/aromatic N) is 3. The molecule has 1 amide bonds. The van der Waals surface area contributed by atoms with Gasteiger partial charge in [-0.15, -0.1) is 0 Å². The summed E-state index contributed by atoms with van der Waals surface area (Å²) in [6, 6.07) is 1.30. The maximum absolute atomic E-state index is 13.1. The zero-order valence-corrected chi connectivity index (χ0v) is 14.4. The van der Waals surface area contributed by atoms with Crippen LogP contribution in [0.5, 0.6) is 0 Å². The van der Waals surface area contributed by atoms with E-state index in [0.717, 1.165) is 10.9 Å². The first-order valence-electron chi connectivity index (χ1n) is 7.81. The standard InChI is InChI=1S/C16H17F3N4O4/c1-3-27-15(26)11(12(24)9-5-4-6-20-7-9)21-14(25)10-8-23(2)22-13(10)16(17,18)19/h4-8,11-12,24H,3H2,1-2H3,(H,21,25). The maximum atomic E-state index is 13.1. The van der Waals surface area contributed by atoms with Crippen molar-refractivity contribution in [1.29, 1.82) is 0 Å². The lowest BCUT2D eigenvalue weighted by molar-refractivity contribution is -0.148. The molecule has 2 N–H and O–H groups in total. The summed E-state index contributed by atoms with van der Waals surface area (Å²) >= 11 is 0. The summed E-state index contributed by atoms with van der Waals surface area (Å²) in [5, 5.41) is 15.7. The van der Waals surface area contributed by atoms with Crippen molar-refractivity contribution in [2.24, 2.45) is 7.05 Å². The predicted octanol–water partition coefficient (Wildman–Crippen LogP) is 1.23. The lowest BCUT2D eigenvalue weighted by atomic mass is 10.0. The molecule has 0 fully saturated rings. The Morgan fingerprint density at radius 3 is 2.67 bits per heavy atom. The third-order valence-corrected chi connectivity index (χ3v) is 3.51. The molecular weight excluding hydrogens is 369 g/mol. The number of esters is 1. The van der Waals surface area contributed by atoms with Gasteiger partial charge in [-0.1, -0.05) is 6.07 Å². The number of aromatic nitrogens is 3. The Morgan fingerprint density at radius 1 is 1.41 bits per heavy atom. The Kier molecular flexibility index (Phi) is 6.16. The van der Waals surface area contributed by atoms with Gasteiger partial charge in [0.2, 0.25) is 0 Å². The van der Waals surface area contributed by atoms with Gasteiger partial charge < -0.3 is 15.2 Å². The summed E-state index contributed by atoms with van der Waals surface area (Å²) in [4.78, 5) is 28.3.